The number of ether oxygens (including phenoxy) is 15. The normalized spacial score (nSPS) is 25.9. The Kier molecular flexibility index (Phi) is 34.2. The van der Waals surface area contributed by atoms with Gasteiger partial charge in [0.05, 0.1) is 121 Å². The molecule has 6 heterocycles. The van der Waals surface area contributed by atoms with Crippen LogP contribution in [0.3, 0.4) is 0 Å². The van der Waals surface area contributed by atoms with Crippen LogP contribution in [-0.4, -0.2) is 324 Å². The summed E-state index contributed by atoms with van der Waals surface area (Å²) < 4.78 is 86.6. The molecule has 5 aromatic rings. The van der Waals surface area contributed by atoms with E-state index < -0.39 is 183 Å². The number of carboxylic acid groups (broad SMARTS) is 2. The molecule has 5 aromatic carbocycles. The Bertz CT molecular complexity index is 5500. The number of alkyl carbamates (subject to hydrolysis) is 1. The van der Waals surface area contributed by atoms with Gasteiger partial charge in [0.1, 0.15) is 80.9 Å². The van der Waals surface area contributed by atoms with Crippen LogP contribution < -0.4 is 60.1 Å². The third-order valence-electron chi connectivity index (χ3n) is 27.4. The van der Waals surface area contributed by atoms with Gasteiger partial charge < -0.3 is 159 Å². The molecule has 0 bridgehead atoms. The molecule has 1 unspecified atom stereocenters. The summed E-state index contributed by atoms with van der Waals surface area (Å²) in [4.78, 5) is 156. The van der Waals surface area contributed by atoms with E-state index in [0.717, 1.165) is 68.1 Å². The number of carboxylic acids is 2. The number of carbonyl (C=O) groups excluding carboxylic acids is 9. The number of methoxy groups -OCH3 is 2. The van der Waals surface area contributed by atoms with Crippen molar-refractivity contribution in [3.63, 3.8) is 0 Å². The van der Waals surface area contributed by atoms with E-state index in [0.29, 0.717) is 60.4 Å². The van der Waals surface area contributed by atoms with Crippen LogP contribution in [0.5, 0.6) is 28.7 Å². The molecule has 0 radical (unpaired) electrons. The molecule has 7 fully saturated rings. The molecule has 0 aromatic heterocycles. The van der Waals surface area contributed by atoms with E-state index in [9.17, 15) is 94.2 Å². The summed E-state index contributed by atoms with van der Waals surface area (Å²) in [6.07, 6.45) is -18.5. The molecule has 15 rings (SSSR count). The molecule has 2 spiro atoms. The maximum atomic E-state index is 15.3. The van der Waals surface area contributed by atoms with Gasteiger partial charge in [-0.15, -0.1) is 11.8 Å². The van der Waals surface area contributed by atoms with Gasteiger partial charge in [-0.05, 0) is 145 Å². The van der Waals surface area contributed by atoms with Crippen molar-refractivity contribution in [2.45, 2.75) is 216 Å². The fourth-order valence-electron chi connectivity index (χ4n) is 19.1. The second kappa shape index (κ2) is 46.6. The van der Waals surface area contributed by atoms with Crippen LogP contribution in [0, 0.1) is 46.3 Å². The monoisotopic (exact) mass is 2000 g/mol. The minimum atomic E-state index is -2.12. The summed E-state index contributed by atoms with van der Waals surface area (Å²) in [5, 5.41) is 120. The zero-order valence-corrected chi connectivity index (χ0v) is 79.4. The first-order valence-corrected chi connectivity index (χ1v) is 47.5. The molecule has 143 heavy (non-hydrogen) atoms. The van der Waals surface area contributed by atoms with E-state index in [1.807, 2.05) is 0 Å². The van der Waals surface area contributed by atoms with Gasteiger partial charge >= 0.3 is 30.2 Å². The highest BCUT2D eigenvalue weighted by atomic mass is 16.7. The molecule has 6 aliphatic heterocycles. The molecule has 4 aliphatic carbocycles. The predicted octanol–water partition coefficient (Wildman–Crippen LogP) is 3.13. The Morgan fingerprint density at radius 1 is 0.531 bits per heavy atom. The highest BCUT2D eigenvalue weighted by Gasteiger charge is 2.61. The molecule has 45 heteroatoms. The number of nitrogens with one attached hydrogen (secondary N) is 5. The van der Waals surface area contributed by atoms with Crippen molar-refractivity contribution in [2.75, 3.05) is 120 Å². The molecule has 10 aliphatic rings. The molecular weight excluding hydrogens is 1880 g/mol. The number of hydrogen-bond donors (Lipinski definition) is 15. The quantitative estimate of drug-likeness (QED) is 0.0151. The third-order valence-corrected chi connectivity index (χ3v) is 27.4. The highest BCUT2D eigenvalue weighted by Crippen LogP contribution is 2.59. The molecular formula is C98H121N9O36. The Hall–Kier alpha value is -12.4. The smallest absolute Gasteiger partial charge is 0.416 e. The van der Waals surface area contributed by atoms with Gasteiger partial charge in [-0.1, -0.05) is 50.2 Å². The number of nitrogens with zero attached hydrogens (tertiary/aromatic N) is 4. The molecule has 19 atom stereocenters. The lowest BCUT2D eigenvalue weighted by Gasteiger charge is -2.38. The van der Waals surface area contributed by atoms with E-state index in [2.05, 4.69) is 38.4 Å². The minimum Gasteiger partial charge on any atom is -0.493 e. The largest absolute Gasteiger partial charge is 0.493 e. The van der Waals surface area contributed by atoms with Crippen LogP contribution in [0.2, 0.25) is 0 Å². The Labute approximate surface area is 821 Å². The number of aliphatic hydroxyl groups is 8. The van der Waals surface area contributed by atoms with Crippen molar-refractivity contribution in [3.8, 4) is 40.6 Å². The van der Waals surface area contributed by atoms with E-state index in [1.54, 1.807) is 43.0 Å². The molecule has 15 N–H and O–H groups in total. The molecule has 9 amide bonds. The summed E-state index contributed by atoms with van der Waals surface area (Å²) in [6, 6.07) is 17.5. The van der Waals surface area contributed by atoms with Crippen LogP contribution >= 0.6 is 0 Å². The lowest BCUT2D eigenvalue weighted by Crippen LogP contribution is -2.61. The molecule has 774 valence electrons. The van der Waals surface area contributed by atoms with Crippen molar-refractivity contribution in [1.82, 2.24) is 25.8 Å². The zero-order valence-electron chi connectivity index (χ0n) is 79.4. The Morgan fingerprint density at radius 3 is 1.55 bits per heavy atom. The topological polar surface area (TPSA) is 602 Å². The van der Waals surface area contributed by atoms with Crippen LogP contribution in [0.25, 0.3) is 0 Å². The average Bonchev–Trinajstić information content (AvgIpc) is 1.57. The van der Waals surface area contributed by atoms with Crippen LogP contribution in [0.1, 0.15) is 134 Å². The van der Waals surface area contributed by atoms with Crippen molar-refractivity contribution in [2.24, 2.45) is 34.5 Å². The summed E-state index contributed by atoms with van der Waals surface area (Å²) >= 11 is 0. The molecule has 3 saturated carbocycles. The Morgan fingerprint density at radius 2 is 1.04 bits per heavy atom. The number of aliphatic hydroxyl groups excluding tert-OH is 8. The number of rotatable bonds is 43. The van der Waals surface area contributed by atoms with Gasteiger partial charge in [-0.2, -0.15) is 0 Å². The van der Waals surface area contributed by atoms with Crippen LogP contribution in [0.15, 0.2) is 91.0 Å². The lowest BCUT2D eigenvalue weighted by molar-refractivity contribution is -0.294. The van der Waals surface area contributed by atoms with Crippen molar-refractivity contribution >= 4 is 88.4 Å². The second-order valence-electron chi connectivity index (χ2n) is 37.6. The second-order valence-corrected chi connectivity index (χ2v) is 37.6. The molecule has 45 nitrogen and oxygen atoms in total. The summed E-state index contributed by atoms with van der Waals surface area (Å²) in [5.41, 5.74) is 0.565. The van der Waals surface area contributed by atoms with Gasteiger partial charge in [-0.3, -0.25) is 28.8 Å². The van der Waals surface area contributed by atoms with Crippen LogP contribution in [-0.2, 0) is 103 Å². The van der Waals surface area contributed by atoms with Crippen molar-refractivity contribution < 1.29 is 175 Å². The Balaban J connectivity index is 0.614. The first-order valence-electron chi connectivity index (χ1n) is 47.5. The number of benzene rings is 5. The SMILES string of the molecule is COc1cc2c(cc1OCc1cccc(COc3cc4c(cc3OC)C(=O)N3CC5(CC5)C[C@H]3[C@H](O)N4C(=O)OCc3ccc(NC(=O)[C@H](CO[C@@H]4O[C@H](C(=O)O)[C@@H](O)[C@H](O)[C@H]4O)NC(=O)[C@@H](NC(C)=O)C(C)C)cc3NC(=O)CCOCCOCCOCCOCCNC(=O)OCC3[C@H]4CCC#CCC[C@@H]34)c1)N(C(=O)OCc1ccc(O[C@@H]3O[C@H](C(=O)O)[C@@H](O)[C@H](O)[C@H]3O)cc1)[C@@H](O)[C@@H]1CC3(CC3)CN1C2=O. The summed E-state index contributed by atoms with van der Waals surface area (Å²) in [6.45, 7) is 4.47. The standard InChI is InChI=1S/C98H121N9O36/c1-51(2)75(100-52(3)108)85(117)103-65(48-137-92-80(114)76(110)78(112)82(142-92)90(122)123)84(116)101-57-18-17-56(64(36-57)102-74(109)21-27-131-29-31-133-33-34-134-32-30-132-28-26-99-94(126)138-47-63-59-13-8-6-7-9-14-60(59)63)46-140-96(128)107-67-40-73(71(130-5)38-62(67)87(119)105-50-98(24-25-98)42-69(105)89(107)121)136-45-55-12-10-11-54(35-55)44-135-72-39-66-61(37-70(72)129-4)86(118)104-49-97(22-23-97)41-68(104)88(120)106(66)95(127)139-43-53-15-19-58(20-16-53)141-93-81(115)77(111)79(113)83(143-93)91(124)125/h10-12,15-20,35-40,51,59-60,63,65,68-69,75-83,88-89,92-93,110-115,120-121H,8-9,13-14,21-34,41-50H2,1-5H3,(H,99,126)(H,100,108)(H,101,116)(H,102,109)(H,103,117)(H,122,123)(H,124,125)/t59-,60+,63?,65-,68-,69-,75-,76-,77-,78-,79-,80+,81+,82-,83-,88-,89-,92+,93+/m0/s1. The summed E-state index contributed by atoms with van der Waals surface area (Å²) in [7, 11) is 2.71. The van der Waals surface area contributed by atoms with Crippen molar-refractivity contribution in [3.05, 3.63) is 124 Å². The summed E-state index contributed by atoms with van der Waals surface area (Å²) in [5.74, 6) is -0.0426. The van der Waals surface area contributed by atoms with Gasteiger partial charge in [-0.25, -0.2) is 33.8 Å². The predicted molar refractivity (Wildman–Crippen MR) is 494 cm³/mol. The van der Waals surface area contributed by atoms with Gasteiger partial charge in [0, 0.05) is 68.5 Å². The number of aliphatic carboxylic acids is 2. The van der Waals surface area contributed by atoms with Gasteiger partial charge in [0.25, 0.3) is 11.8 Å². The lowest BCUT2D eigenvalue weighted by atomic mass is 9.99. The van der Waals surface area contributed by atoms with E-state index >= 15 is 9.59 Å². The minimum absolute atomic E-state index is 0.00393. The first-order chi connectivity index (χ1) is 68.6. The molecule has 4 saturated heterocycles. The maximum absolute atomic E-state index is 15.3. The number of fused-ring (bicyclic) bond motifs is 5. The average molecular weight is 2000 g/mol. The van der Waals surface area contributed by atoms with E-state index in [1.165, 1.54) is 85.8 Å². The van der Waals surface area contributed by atoms with Gasteiger partial charge in [0.2, 0.25) is 29.9 Å². The van der Waals surface area contributed by atoms with E-state index in [-0.39, 0.29) is 171 Å². The first kappa shape index (κ1) is 105. The van der Waals surface area contributed by atoms with E-state index in [4.69, 9.17) is 71.1 Å². The zero-order chi connectivity index (χ0) is 102. The fraction of sp³-hybridized carbons (Fsp3) is 0.561. The number of hydrogen-bond acceptors (Lipinski definition) is 34. The number of anilines is 4. The maximum Gasteiger partial charge on any atom is 0.416 e. The number of amides is 9. The highest BCUT2D eigenvalue weighted by molar-refractivity contribution is 6.08. The fourth-order valence-corrected chi connectivity index (χ4v) is 19.1. The number of carbonyl (C=O) groups is 11. The van der Waals surface area contributed by atoms with Gasteiger partial charge in [0.15, 0.2) is 54.0 Å². The van der Waals surface area contributed by atoms with Crippen LogP contribution in [0.4, 0.5) is 37.1 Å². The van der Waals surface area contributed by atoms with Crippen molar-refractivity contribution in [1.29, 1.82) is 0 Å². The third kappa shape index (κ3) is 25.2.